The molecule has 0 atom stereocenters. The van der Waals surface area contributed by atoms with Gasteiger partial charge in [0.25, 0.3) is 0 Å². The third kappa shape index (κ3) is 1.99. The number of hydrogen-bond acceptors (Lipinski definition) is 4. The molecule has 0 saturated carbocycles. The first-order chi connectivity index (χ1) is 7.61. The lowest BCUT2D eigenvalue weighted by atomic mass is 10.3. The SMILES string of the molecule is CCOC(=O)c1nc2c(Cl)cc(Cl)cc2o1. The van der Waals surface area contributed by atoms with E-state index in [1.807, 2.05) is 0 Å². The number of oxazole rings is 1. The number of carbonyl (C=O) groups is 1. The summed E-state index contributed by atoms with van der Waals surface area (Å²) in [6, 6.07) is 3.07. The molecule has 84 valence electrons. The van der Waals surface area contributed by atoms with Gasteiger partial charge in [-0.1, -0.05) is 23.2 Å². The molecule has 6 heteroatoms. The van der Waals surface area contributed by atoms with Gasteiger partial charge in [-0.3, -0.25) is 0 Å². The Morgan fingerprint density at radius 2 is 2.25 bits per heavy atom. The Kier molecular flexibility index (Phi) is 3.03. The van der Waals surface area contributed by atoms with Crippen LogP contribution in [0.5, 0.6) is 0 Å². The number of carbonyl (C=O) groups excluding carboxylic acids is 1. The molecule has 0 aliphatic carbocycles. The van der Waals surface area contributed by atoms with E-state index in [0.29, 0.717) is 21.1 Å². The molecule has 0 spiro atoms. The summed E-state index contributed by atoms with van der Waals surface area (Å²) < 4.78 is 9.95. The number of nitrogens with zero attached hydrogens (tertiary/aromatic N) is 1. The molecule has 0 aliphatic heterocycles. The molecule has 0 N–H and O–H groups in total. The molecule has 0 saturated heterocycles. The highest BCUT2D eigenvalue weighted by Gasteiger charge is 2.17. The van der Waals surface area contributed by atoms with Crippen LogP contribution in [0.25, 0.3) is 11.1 Å². The van der Waals surface area contributed by atoms with Crippen molar-refractivity contribution in [2.24, 2.45) is 0 Å². The molecule has 0 bridgehead atoms. The van der Waals surface area contributed by atoms with Crippen LogP contribution in [-0.2, 0) is 4.74 Å². The second-order valence-electron chi connectivity index (χ2n) is 2.97. The topological polar surface area (TPSA) is 52.3 Å². The fraction of sp³-hybridized carbons (Fsp3) is 0.200. The van der Waals surface area contributed by atoms with Crippen molar-refractivity contribution in [1.82, 2.24) is 4.98 Å². The van der Waals surface area contributed by atoms with Crippen molar-refractivity contribution in [3.63, 3.8) is 0 Å². The lowest BCUT2D eigenvalue weighted by molar-refractivity contribution is 0.0483. The molecule has 1 aromatic heterocycles. The summed E-state index contributed by atoms with van der Waals surface area (Å²) >= 11 is 11.7. The number of halogens is 2. The molecular weight excluding hydrogens is 253 g/mol. The van der Waals surface area contributed by atoms with Gasteiger partial charge in [-0.25, -0.2) is 9.78 Å². The van der Waals surface area contributed by atoms with E-state index in [1.165, 1.54) is 6.07 Å². The second-order valence-corrected chi connectivity index (χ2v) is 3.82. The van der Waals surface area contributed by atoms with Gasteiger partial charge in [-0.15, -0.1) is 0 Å². The Morgan fingerprint density at radius 1 is 1.50 bits per heavy atom. The Labute approximate surface area is 101 Å². The van der Waals surface area contributed by atoms with E-state index in [-0.39, 0.29) is 12.5 Å². The minimum absolute atomic E-state index is 0.124. The van der Waals surface area contributed by atoms with Crippen LogP contribution in [0.15, 0.2) is 16.5 Å². The van der Waals surface area contributed by atoms with Crippen molar-refractivity contribution in [2.45, 2.75) is 6.92 Å². The van der Waals surface area contributed by atoms with Crippen LogP contribution in [0.4, 0.5) is 0 Å². The number of aromatic nitrogens is 1. The van der Waals surface area contributed by atoms with Gasteiger partial charge in [0.15, 0.2) is 5.58 Å². The molecule has 0 radical (unpaired) electrons. The normalized spacial score (nSPS) is 10.7. The molecule has 16 heavy (non-hydrogen) atoms. The molecule has 0 aliphatic rings. The summed E-state index contributed by atoms with van der Waals surface area (Å²) in [4.78, 5) is 15.3. The molecule has 1 heterocycles. The van der Waals surface area contributed by atoms with Crippen LogP contribution in [0.1, 0.15) is 17.6 Å². The van der Waals surface area contributed by atoms with Crippen LogP contribution in [-0.4, -0.2) is 17.6 Å². The van der Waals surface area contributed by atoms with E-state index in [1.54, 1.807) is 13.0 Å². The van der Waals surface area contributed by atoms with Gasteiger partial charge in [0.1, 0.15) is 5.52 Å². The molecule has 1 aromatic carbocycles. The van der Waals surface area contributed by atoms with Crippen molar-refractivity contribution >= 4 is 40.3 Å². The number of hydrogen-bond donors (Lipinski definition) is 0. The maximum atomic E-state index is 11.4. The van der Waals surface area contributed by atoms with Gasteiger partial charge in [0, 0.05) is 11.1 Å². The van der Waals surface area contributed by atoms with Gasteiger partial charge in [-0.2, -0.15) is 0 Å². The minimum atomic E-state index is -0.620. The highest BCUT2D eigenvalue weighted by atomic mass is 35.5. The van der Waals surface area contributed by atoms with E-state index in [2.05, 4.69) is 4.98 Å². The lowest BCUT2D eigenvalue weighted by Crippen LogP contribution is -2.04. The first kappa shape index (κ1) is 11.2. The molecule has 2 aromatic rings. The van der Waals surface area contributed by atoms with Gasteiger partial charge in [0.2, 0.25) is 0 Å². The zero-order chi connectivity index (χ0) is 11.7. The maximum Gasteiger partial charge on any atom is 0.394 e. The highest BCUT2D eigenvalue weighted by Crippen LogP contribution is 2.28. The van der Waals surface area contributed by atoms with Crippen LogP contribution in [0.2, 0.25) is 10.0 Å². The van der Waals surface area contributed by atoms with Crippen molar-refractivity contribution < 1.29 is 13.9 Å². The summed E-state index contributed by atoms with van der Waals surface area (Å²) in [6.45, 7) is 1.95. The monoisotopic (exact) mass is 259 g/mol. The van der Waals surface area contributed by atoms with E-state index < -0.39 is 5.97 Å². The summed E-state index contributed by atoms with van der Waals surface area (Å²) in [7, 11) is 0. The van der Waals surface area contributed by atoms with Gasteiger partial charge >= 0.3 is 11.9 Å². The largest absolute Gasteiger partial charge is 0.459 e. The predicted octanol–water partition coefficient (Wildman–Crippen LogP) is 3.31. The second kappa shape index (κ2) is 4.31. The third-order valence-corrected chi connectivity index (χ3v) is 2.37. The number of rotatable bonds is 2. The van der Waals surface area contributed by atoms with Crippen LogP contribution >= 0.6 is 23.2 Å². The van der Waals surface area contributed by atoms with Gasteiger partial charge in [-0.05, 0) is 13.0 Å². The molecular formula is C10H7Cl2NO3. The Hall–Kier alpha value is -1.26. The standard InChI is InChI=1S/C10H7Cl2NO3/c1-2-15-10(14)9-13-8-6(12)3-5(11)4-7(8)16-9/h3-4H,2H2,1H3. The smallest absolute Gasteiger partial charge is 0.394 e. The first-order valence-electron chi connectivity index (χ1n) is 4.54. The van der Waals surface area contributed by atoms with E-state index in [9.17, 15) is 4.79 Å². The van der Waals surface area contributed by atoms with E-state index >= 15 is 0 Å². The number of fused-ring (bicyclic) bond motifs is 1. The zero-order valence-corrected chi connectivity index (χ0v) is 9.80. The summed E-state index contributed by atoms with van der Waals surface area (Å²) in [5.74, 6) is -0.744. The average Bonchev–Trinajstić information content (AvgIpc) is 2.62. The summed E-state index contributed by atoms with van der Waals surface area (Å²) in [6.07, 6.45) is 0. The predicted molar refractivity (Wildman–Crippen MR) is 60.0 cm³/mol. The quantitative estimate of drug-likeness (QED) is 0.777. The summed E-state index contributed by atoms with van der Waals surface area (Å²) in [5.41, 5.74) is 0.759. The average molecular weight is 260 g/mol. The Balaban J connectivity index is 2.51. The van der Waals surface area contributed by atoms with Gasteiger partial charge < -0.3 is 9.15 Å². The lowest BCUT2D eigenvalue weighted by Gasteiger charge is -1.94. The van der Waals surface area contributed by atoms with E-state index in [0.717, 1.165) is 0 Å². The fourth-order valence-corrected chi connectivity index (χ4v) is 1.75. The molecule has 4 nitrogen and oxygen atoms in total. The number of benzene rings is 1. The Morgan fingerprint density at radius 3 is 2.94 bits per heavy atom. The fourth-order valence-electron chi connectivity index (χ4n) is 1.24. The first-order valence-corrected chi connectivity index (χ1v) is 5.30. The van der Waals surface area contributed by atoms with Crippen molar-refractivity contribution in [3.05, 3.63) is 28.1 Å². The summed E-state index contributed by atoms with van der Waals surface area (Å²) in [5, 5.41) is 0.755. The van der Waals surface area contributed by atoms with Gasteiger partial charge in [0.05, 0.1) is 11.6 Å². The van der Waals surface area contributed by atoms with Crippen LogP contribution < -0.4 is 0 Å². The third-order valence-electron chi connectivity index (χ3n) is 1.86. The van der Waals surface area contributed by atoms with Crippen LogP contribution in [0, 0.1) is 0 Å². The number of ether oxygens (including phenoxy) is 1. The van der Waals surface area contributed by atoms with Crippen molar-refractivity contribution in [3.8, 4) is 0 Å². The zero-order valence-electron chi connectivity index (χ0n) is 8.29. The van der Waals surface area contributed by atoms with Crippen LogP contribution in [0.3, 0.4) is 0 Å². The van der Waals surface area contributed by atoms with E-state index in [4.69, 9.17) is 32.4 Å². The minimum Gasteiger partial charge on any atom is -0.459 e. The molecule has 0 unspecified atom stereocenters. The van der Waals surface area contributed by atoms with Crippen molar-refractivity contribution in [1.29, 1.82) is 0 Å². The maximum absolute atomic E-state index is 11.4. The molecule has 2 rings (SSSR count). The molecule has 0 fully saturated rings. The highest BCUT2D eigenvalue weighted by molar-refractivity contribution is 6.38. The Bertz CT molecular complexity index is 550. The number of esters is 1. The van der Waals surface area contributed by atoms with Crippen molar-refractivity contribution in [2.75, 3.05) is 6.61 Å². The molecule has 0 amide bonds.